The molecule has 15 heavy (non-hydrogen) atoms. The van der Waals surface area contributed by atoms with Crippen molar-refractivity contribution in [2.24, 2.45) is 5.73 Å². The summed E-state index contributed by atoms with van der Waals surface area (Å²) in [6.45, 7) is 2.58. The molecule has 2 N–H and O–H groups in total. The summed E-state index contributed by atoms with van der Waals surface area (Å²) in [5.74, 6) is -0.242. The fourth-order valence-electron chi connectivity index (χ4n) is 1.76. The minimum atomic E-state index is -0.242. The van der Waals surface area contributed by atoms with Crippen LogP contribution in [0.3, 0.4) is 0 Å². The molecule has 0 radical (unpaired) electrons. The van der Waals surface area contributed by atoms with Crippen LogP contribution in [0.25, 0.3) is 5.65 Å². The number of hydrogen-bond acceptors (Lipinski definition) is 2. The van der Waals surface area contributed by atoms with Gasteiger partial charge in [0, 0.05) is 11.9 Å². The average Bonchev–Trinajstić information content (AvgIpc) is 2.51. The molecule has 80 valence electrons. The molecule has 2 rings (SSSR count). The van der Waals surface area contributed by atoms with Gasteiger partial charge in [0.2, 0.25) is 0 Å². The molecule has 0 bridgehead atoms. The molecule has 3 nitrogen and oxygen atoms in total. The number of pyridine rings is 1. The number of imidazole rings is 1. The molecule has 0 unspecified atom stereocenters. The van der Waals surface area contributed by atoms with Gasteiger partial charge >= 0.3 is 0 Å². The van der Waals surface area contributed by atoms with Crippen molar-refractivity contribution in [3.63, 3.8) is 0 Å². The summed E-state index contributed by atoms with van der Waals surface area (Å²) in [4.78, 5) is 4.36. The summed E-state index contributed by atoms with van der Waals surface area (Å²) < 4.78 is 14.9. The lowest BCUT2D eigenvalue weighted by Gasteiger charge is -2.01. The Morgan fingerprint density at radius 2 is 2.27 bits per heavy atom. The molecular weight excluding hydrogens is 193 g/mol. The van der Waals surface area contributed by atoms with Gasteiger partial charge in [0.1, 0.15) is 11.5 Å². The van der Waals surface area contributed by atoms with Gasteiger partial charge in [-0.2, -0.15) is 0 Å². The topological polar surface area (TPSA) is 43.3 Å². The Balaban J connectivity index is 2.50. The van der Waals surface area contributed by atoms with Crippen LogP contribution in [0.1, 0.15) is 17.8 Å². The maximum atomic E-state index is 13.1. The highest BCUT2D eigenvalue weighted by Gasteiger charge is 2.08. The van der Waals surface area contributed by atoms with E-state index >= 15 is 0 Å². The van der Waals surface area contributed by atoms with Crippen LogP contribution in [0.2, 0.25) is 0 Å². The van der Waals surface area contributed by atoms with E-state index in [-0.39, 0.29) is 5.82 Å². The minimum absolute atomic E-state index is 0.242. The number of fused-ring (bicyclic) bond motifs is 1. The van der Waals surface area contributed by atoms with Crippen LogP contribution in [0, 0.1) is 12.7 Å². The summed E-state index contributed by atoms with van der Waals surface area (Å²) >= 11 is 0. The van der Waals surface area contributed by atoms with E-state index < -0.39 is 0 Å². The lowest BCUT2D eigenvalue weighted by Crippen LogP contribution is -2.03. The SMILES string of the molecule is Cc1nc2ccc(F)cn2c1CCCN. The third kappa shape index (κ3) is 1.85. The number of rotatable bonds is 3. The first kappa shape index (κ1) is 10.1. The standard InChI is InChI=1S/C11H14FN3/c1-8-10(3-2-6-13)15-7-9(12)4-5-11(15)14-8/h4-5,7H,2-3,6,13H2,1H3. The Bertz CT molecular complexity index is 476. The molecule has 2 aromatic rings. The Hall–Kier alpha value is -1.42. The number of hydrogen-bond donors (Lipinski definition) is 1. The second-order valence-corrected chi connectivity index (χ2v) is 3.61. The van der Waals surface area contributed by atoms with Crippen molar-refractivity contribution >= 4 is 5.65 Å². The van der Waals surface area contributed by atoms with Crippen LogP contribution in [0.15, 0.2) is 18.3 Å². The van der Waals surface area contributed by atoms with E-state index in [1.165, 1.54) is 12.3 Å². The second kappa shape index (κ2) is 3.98. The predicted molar refractivity (Wildman–Crippen MR) is 57.3 cm³/mol. The Morgan fingerprint density at radius 1 is 1.47 bits per heavy atom. The van der Waals surface area contributed by atoms with Crippen LogP contribution >= 0.6 is 0 Å². The first-order chi connectivity index (χ1) is 7.22. The van der Waals surface area contributed by atoms with E-state index in [4.69, 9.17) is 5.73 Å². The van der Waals surface area contributed by atoms with E-state index in [1.807, 2.05) is 6.92 Å². The summed E-state index contributed by atoms with van der Waals surface area (Å²) in [6, 6.07) is 3.11. The van der Waals surface area contributed by atoms with Gasteiger partial charge < -0.3 is 10.1 Å². The van der Waals surface area contributed by atoms with Gasteiger partial charge in [0.15, 0.2) is 0 Å². The molecule has 0 atom stereocenters. The lowest BCUT2D eigenvalue weighted by atomic mass is 10.2. The molecule has 0 saturated heterocycles. The van der Waals surface area contributed by atoms with E-state index in [9.17, 15) is 4.39 Å². The summed E-state index contributed by atoms with van der Waals surface area (Å²) in [7, 11) is 0. The highest BCUT2D eigenvalue weighted by atomic mass is 19.1. The molecule has 0 spiro atoms. The third-order valence-electron chi connectivity index (χ3n) is 2.50. The molecule has 0 aliphatic rings. The highest BCUT2D eigenvalue weighted by molar-refractivity contribution is 5.43. The van der Waals surface area contributed by atoms with Crippen molar-refractivity contribution in [1.29, 1.82) is 0 Å². The van der Waals surface area contributed by atoms with E-state index in [2.05, 4.69) is 4.98 Å². The van der Waals surface area contributed by atoms with E-state index in [0.29, 0.717) is 6.54 Å². The second-order valence-electron chi connectivity index (χ2n) is 3.61. The van der Waals surface area contributed by atoms with Crippen molar-refractivity contribution in [3.05, 3.63) is 35.5 Å². The van der Waals surface area contributed by atoms with Crippen LogP contribution < -0.4 is 5.73 Å². The zero-order valence-electron chi connectivity index (χ0n) is 8.70. The minimum Gasteiger partial charge on any atom is -0.330 e. The molecule has 0 amide bonds. The smallest absolute Gasteiger partial charge is 0.139 e. The van der Waals surface area contributed by atoms with Gasteiger partial charge in [-0.25, -0.2) is 9.37 Å². The number of aromatic nitrogens is 2. The van der Waals surface area contributed by atoms with Crippen molar-refractivity contribution in [2.75, 3.05) is 6.54 Å². The third-order valence-corrected chi connectivity index (χ3v) is 2.50. The van der Waals surface area contributed by atoms with Crippen molar-refractivity contribution in [3.8, 4) is 0 Å². The predicted octanol–water partition coefficient (Wildman–Crippen LogP) is 1.67. The van der Waals surface area contributed by atoms with Crippen LogP contribution in [0.5, 0.6) is 0 Å². The fraction of sp³-hybridized carbons (Fsp3) is 0.364. The Morgan fingerprint density at radius 3 is 3.00 bits per heavy atom. The average molecular weight is 207 g/mol. The monoisotopic (exact) mass is 207 g/mol. The van der Waals surface area contributed by atoms with Gasteiger partial charge in [-0.05, 0) is 38.4 Å². The Labute approximate surface area is 87.7 Å². The van der Waals surface area contributed by atoms with Crippen molar-refractivity contribution < 1.29 is 4.39 Å². The molecule has 4 heteroatoms. The maximum absolute atomic E-state index is 13.1. The molecule has 0 saturated carbocycles. The van der Waals surface area contributed by atoms with Crippen molar-refractivity contribution in [2.45, 2.75) is 19.8 Å². The molecule has 0 aliphatic heterocycles. The summed E-state index contributed by atoms with van der Waals surface area (Å²) in [5, 5.41) is 0. The quantitative estimate of drug-likeness (QED) is 0.832. The van der Waals surface area contributed by atoms with Crippen LogP contribution in [0.4, 0.5) is 4.39 Å². The zero-order valence-corrected chi connectivity index (χ0v) is 8.70. The van der Waals surface area contributed by atoms with Gasteiger partial charge in [-0.3, -0.25) is 0 Å². The number of nitrogens with two attached hydrogens (primary N) is 1. The molecule has 0 fully saturated rings. The largest absolute Gasteiger partial charge is 0.330 e. The van der Waals surface area contributed by atoms with Gasteiger partial charge in [0.05, 0.1) is 5.69 Å². The Kier molecular flexibility index (Phi) is 2.68. The fourth-order valence-corrected chi connectivity index (χ4v) is 1.76. The highest BCUT2D eigenvalue weighted by Crippen LogP contribution is 2.14. The van der Waals surface area contributed by atoms with Gasteiger partial charge in [-0.15, -0.1) is 0 Å². The number of halogens is 1. The molecule has 2 heterocycles. The molecule has 0 aromatic carbocycles. The number of aryl methyl sites for hydroxylation is 2. The first-order valence-corrected chi connectivity index (χ1v) is 5.05. The zero-order chi connectivity index (χ0) is 10.8. The normalized spacial score (nSPS) is 11.1. The van der Waals surface area contributed by atoms with Crippen LogP contribution in [-0.4, -0.2) is 15.9 Å². The van der Waals surface area contributed by atoms with Gasteiger partial charge in [-0.1, -0.05) is 0 Å². The first-order valence-electron chi connectivity index (χ1n) is 5.05. The van der Waals surface area contributed by atoms with Crippen LogP contribution in [-0.2, 0) is 6.42 Å². The lowest BCUT2D eigenvalue weighted by molar-refractivity contribution is 0.617. The summed E-state index contributed by atoms with van der Waals surface area (Å²) in [5.41, 5.74) is 8.26. The summed E-state index contributed by atoms with van der Waals surface area (Å²) in [6.07, 6.45) is 3.21. The van der Waals surface area contributed by atoms with E-state index in [1.54, 1.807) is 10.5 Å². The van der Waals surface area contributed by atoms with Crippen molar-refractivity contribution in [1.82, 2.24) is 9.38 Å². The molecular formula is C11H14FN3. The van der Waals surface area contributed by atoms with E-state index in [0.717, 1.165) is 29.9 Å². The molecule has 2 aromatic heterocycles. The number of nitrogens with zero attached hydrogens (tertiary/aromatic N) is 2. The molecule has 0 aliphatic carbocycles. The van der Waals surface area contributed by atoms with Gasteiger partial charge in [0.25, 0.3) is 0 Å². The maximum Gasteiger partial charge on any atom is 0.139 e.